The van der Waals surface area contributed by atoms with Crippen LogP contribution in [0.15, 0.2) is 23.0 Å². The molecule has 2 aromatic rings. The maximum absolute atomic E-state index is 11.6. The first kappa shape index (κ1) is 9.92. The van der Waals surface area contributed by atoms with Gasteiger partial charge in [0.25, 0.3) is 5.91 Å². The fourth-order valence-electron chi connectivity index (χ4n) is 1.09. The van der Waals surface area contributed by atoms with E-state index in [-0.39, 0.29) is 5.91 Å². The third-order valence-electron chi connectivity index (χ3n) is 2.03. The molecule has 0 unspecified atom stereocenters. The zero-order chi connectivity index (χ0) is 10.8. The molecule has 15 heavy (non-hydrogen) atoms. The lowest BCUT2D eigenvalue weighted by Gasteiger charge is -1.96. The largest absolute Gasteiger partial charge is 0.472 e. The van der Waals surface area contributed by atoms with Crippen LogP contribution in [0.5, 0.6) is 0 Å². The highest BCUT2D eigenvalue weighted by molar-refractivity contribution is 7.15. The zero-order valence-corrected chi connectivity index (χ0v) is 9.22. The predicted octanol–water partition coefficient (Wildman–Crippen LogP) is 2.61. The molecular formula is C10H10N2O2S. The summed E-state index contributed by atoms with van der Waals surface area (Å²) in [7, 11) is 0. The molecule has 4 nitrogen and oxygen atoms in total. The molecule has 0 fully saturated rings. The molecule has 2 heterocycles. The smallest absolute Gasteiger partial charge is 0.260 e. The molecule has 1 N–H and O–H groups in total. The molecule has 78 valence electrons. The first-order valence-corrected chi connectivity index (χ1v) is 5.26. The second kappa shape index (κ2) is 3.86. The van der Waals surface area contributed by atoms with Crippen LogP contribution >= 0.6 is 11.3 Å². The Labute approximate surface area is 90.9 Å². The fourth-order valence-corrected chi connectivity index (χ4v) is 1.90. The summed E-state index contributed by atoms with van der Waals surface area (Å²) in [6, 6.07) is 1.61. The molecule has 0 atom stereocenters. The van der Waals surface area contributed by atoms with Gasteiger partial charge < -0.3 is 4.42 Å². The van der Waals surface area contributed by atoms with Crippen molar-refractivity contribution in [2.45, 2.75) is 13.8 Å². The lowest BCUT2D eigenvalue weighted by molar-refractivity contribution is 0.102. The Morgan fingerprint density at radius 1 is 1.53 bits per heavy atom. The number of nitrogens with one attached hydrogen (secondary N) is 1. The lowest BCUT2D eigenvalue weighted by atomic mass is 10.3. The lowest BCUT2D eigenvalue weighted by Crippen LogP contribution is -2.10. The van der Waals surface area contributed by atoms with E-state index in [1.54, 1.807) is 6.07 Å². The summed E-state index contributed by atoms with van der Waals surface area (Å²) >= 11 is 1.47. The molecule has 0 spiro atoms. The monoisotopic (exact) mass is 222 g/mol. The van der Waals surface area contributed by atoms with Crippen LogP contribution in [0.25, 0.3) is 0 Å². The van der Waals surface area contributed by atoms with Crippen LogP contribution in [-0.2, 0) is 0 Å². The molecule has 0 saturated heterocycles. The van der Waals surface area contributed by atoms with E-state index >= 15 is 0 Å². The number of carbonyl (C=O) groups excluding carboxylic acids is 1. The Hall–Kier alpha value is -1.62. The van der Waals surface area contributed by atoms with Crippen molar-refractivity contribution in [3.63, 3.8) is 0 Å². The summed E-state index contributed by atoms with van der Waals surface area (Å²) in [6.45, 7) is 3.89. The van der Waals surface area contributed by atoms with Gasteiger partial charge in [-0.05, 0) is 19.9 Å². The molecule has 2 aromatic heterocycles. The van der Waals surface area contributed by atoms with E-state index in [0.717, 1.165) is 10.6 Å². The van der Waals surface area contributed by atoms with E-state index < -0.39 is 0 Å². The number of anilines is 1. The second-order valence-corrected chi connectivity index (χ2v) is 4.33. The van der Waals surface area contributed by atoms with Gasteiger partial charge in [-0.15, -0.1) is 11.3 Å². The number of aromatic nitrogens is 1. The highest BCUT2D eigenvalue weighted by Crippen LogP contribution is 2.21. The number of nitrogens with zero attached hydrogens (tertiary/aromatic N) is 1. The quantitative estimate of drug-likeness (QED) is 0.849. The van der Waals surface area contributed by atoms with Crippen LogP contribution in [0.2, 0.25) is 0 Å². The number of aryl methyl sites for hydroxylation is 2. The topological polar surface area (TPSA) is 55.1 Å². The average Bonchev–Trinajstić information content (AvgIpc) is 2.77. The van der Waals surface area contributed by atoms with Crippen molar-refractivity contribution in [2.75, 3.05) is 5.32 Å². The van der Waals surface area contributed by atoms with Gasteiger partial charge in [0.05, 0.1) is 17.5 Å². The van der Waals surface area contributed by atoms with Crippen molar-refractivity contribution in [2.24, 2.45) is 0 Å². The summed E-state index contributed by atoms with van der Waals surface area (Å²) in [5.74, 6) is -0.197. The Morgan fingerprint density at radius 2 is 2.33 bits per heavy atom. The minimum atomic E-state index is -0.197. The van der Waals surface area contributed by atoms with Gasteiger partial charge in [0, 0.05) is 4.88 Å². The number of rotatable bonds is 2. The molecule has 2 rings (SSSR count). The molecular weight excluding hydrogens is 212 g/mol. The van der Waals surface area contributed by atoms with Gasteiger partial charge in [-0.25, -0.2) is 4.98 Å². The van der Waals surface area contributed by atoms with Crippen LogP contribution in [0.1, 0.15) is 20.9 Å². The Morgan fingerprint density at radius 3 is 2.87 bits per heavy atom. The van der Waals surface area contributed by atoms with Crippen molar-refractivity contribution in [1.82, 2.24) is 4.98 Å². The first-order chi connectivity index (χ1) is 7.16. The molecule has 0 aromatic carbocycles. The zero-order valence-electron chi connectivity index (χ0n) is 8.40. The predicted molar refractivity (Wildman–Crippen MR) is 58.2 cm³/mol. The van der Waals surface area contributed by atoms with Crippen LogP contribution in [0.4, 0.5) is 5.13 Å². The van der Waals surface area contributed by atoms with E-state index in [4.69, 9.17) is 4.42 Å². The van der Waals surface area contributed by atoms with Crippen molar-refractivity contribution < 1.29 is 9.21 Å². The van der Waals surface area contributed by atoms with Gasteiger partial charge in [0.1, 0.15) is 6.26 Å². The molecule has 1 amide bonds. The molecule has 0 radical (unpaired) electrons. The minimum absolute atomic E-state index is 0.197. The molecule has 0 bridgehead atoms. The molecule has 0 aliphatic carbocycles. The highest BCUT2D eigenvalue weighted by Gasteiger charge is 2.10. The summed E-state index contributed by atoms with van der Waals surface area (Å²) in [4.78, 5) is 16.9. The SMILES string of the molecule is Cc1nc(NC(=O)c2ccoc2)sc1C. The standard InChI is InChI=1S/C10H10N2O2S/c1-6-7(2)15-10(11-6)12-9(13)8-3-4-14-5-8/h3-5H,1-2H3,(H,11,12,13). The van der Waals surface area contributed by atoms with Gasteiger partial charge in [-0.3, -0.25) is 10.1 Å². The van der Waals surface area contributed by atoms with Crippen LogP contribution in [0, 0.1) is 13.8 Å². The van der Waals surface area contributed by atoms with E-state index in [1.165, 1.54) is 23.9 Å². The second-order valence-electron chi connectivity index (χ2n) is 3.13. The third-order valence-corrected chi connectivity index (χ3v) is 3.02. The summed E-state index contributed by atoms with van der Waals surface area (Å²) in [5, 5.41) is 3.34. The summed E-state index contributed by atoms with van der Waals surface area (Å²) in [6.07, 6.45) is 2.87. The van der Waals surface area contributed by atoms with Crippen molar-refractivity contribution in [1.29, 1.82) is 0 Å². The number of hydrogen-bond acceptors (Lipinski definition) is 4. The van der Waals surface area contributed by atoms with E-state index in [2.05, 4.69) is 10.3 Å². The van der Waals surface area contributed by atoms with Crippen molar-refractivity contribution in [3.05, 3.63) is 34.7 Å². The van der Waals surface area contributed by atoms with Crippen LogP contribution in [0.3, 0.4) is 0 Å². The normalized spacial score (nSPS) is 10.3. The number of hydrogen-bond donors (Lipinski definition) is 1. The minimum Gasteiger partial charge on any atom is -0.472 e. The number of carbonyl (C=O) groups is 1. The van der Waals surface area contributed by atoms with Crippen molar-refractivity contribution >= 4 is 22.4 Å². The number of amides is 1. The molecule has 0 aliphatic heterocycles. The highest BCUT2D eigenvalue weighted by atomic mass is 32.1. The van der Waals surface area contributed by atoms with Gasteiger partial charge >= 0.3 is 0 Å². The average molecular weight is 222 g/mol. The molecule has 5 heteroatoms. The number of furan rings is 1. The summed E-state index contributed by atoms with van der Waals surface area (Å²) < 4.78 is 4.82. The van der Waals surface area contributed by atoms with E-state index in [1.807, 2.05) is 13.8 Å². The maximum atomic E-state index is 11.6. The number of thiazole rings is 1. The van der Waals surface area contributed by atoms with E-state index in [9.17, 15) is 4.79 Å². The Kier molecular flexibility index (Phi) is 2.55. The van der Waals surface area contributed by atoms with Gasteiger partial charge in [0.15, 0.2) is 5.13 Å². The molecule has 0 aliphatic rings. The van der Waals surface area contributed by atoms with Gasteiger partial charge in [0.2, 0.25) is 0 Å². The van der Waals surface area contributed by atoms with Crippen LogP contribution < -0.4 is 5.32 Å². The van der Waals surface area contributed by atoms with Gasteiger partial charge in [-0.2, -0.15) is 0 Å². The third kappa shape index (κ3) is 2.07. The summed E-state index contributed by atoms with van der Waals surface area (Å²) in [5.41, 5.74) is 1.45. The van der Waals surface area contributed by atoms with Crippen LogP contribution in [-0.4, -0.2) is 10.9 Å². The van der Waals surface area contributed by atoms with E-state index in [0.29, 0.717) is 10.7 Å². The Bertz CT molecular complexity index is 454. The van der Waals surface area contributed by atoms with Crippen molar-refractivity contribution in [3.8, 4) is 0 Å². The Balaban J connectivity index is 2.13. The maximum Gasteiger partial charge on any atom is 0.260 e. The molecule has 0 saturated carbocycles. The van der Waals surface area contributed by atoms with Gasteiger partial charge in [-0.1, -0.05) is 0 Å². The first-order valence-electron chi connectivity index (χ1n) is 4.44. The fraction of sp³-hybridized carbons (Fsp3) is 0.200.